The van der Waals surface area contributed by atoms with Crippen molar-refractivity contribution in [1.82, 2.24) is 14.9 Å². The van der Waals surface area contributed by atoms with Gasteiger partial charge in [0.25, 0.3) is 0 Å². The number of likely N-dealkylation sites (N-methyl/N-ethyl adjacent to an activating group) is 1. The third kappa shape index (κ3) is 5.25. The molecule has 5 nitrogen and oxygen atoms in total. The van der Waals surface area contributed by atoms with E-state index < -0.39 is 0 Å². The van der Waals surface area contributed by atoms with Gasteiger partial charge in [-0.2, -0.15) is 0 Å². The number of methoxy groups -OCH3 is 1. The summed E-state index contributed by atoms with van der Waals surface area (Å²) in [7, 11) is 3.75. The van der Waals surface area contributed by atoms with Crippen LogP contribution in [0.1, 0.15) is 0 Å². The van der Waals surface area contributed by atoms with Crippen LogP contribution in [0.3, 0.4) is 0 Å². The molecule has 1 N–H and O–H groups in total. The van der Waals surface area contributed by atoms with E-state index in [2.05, 4.69) is 20.2 Å². The minimum atomic E-state index is 0.544. The van der Waals surface area contributed by atoms with Crippen LogP contribution >= 0.6 is 11.6 Å². The summed E-state index contributed by atoms with van der Waals surface area (Å²) in [5.74, 6) is 0.601. The Kier molecular flexibility index (Phi) is 6.07. The lowest BCUT2D eigenvalue weighted by molar-refractivity contribution is 0.163. The number of hydrogen-bond donors (Lipinski definition) is 1. The molecule has 0 aliphatic heterocycles. The number of aromatic nitrogens is 2. The smallest absolute Gasteiger partial charge is 0.222 e. The summed E-state index contributed by atoms with van der Waals surface area (Å²) in [5, 5.41) is 3.66. The Balaban J connectivity index is 2.17. The molecule has 6 heteroatoms. The molecule has 16 heavy (non-hydrogen) atoms. The van der Waals surface area contributed by atoms with Crippen LogP contribution in [-0.2, 0) is 4.74 Å². The lowest BCUT2D eigenvalue weighted by atomic mass is 10.5. The van der Waals surface area contributed by atoms with Gasteiger partial charge in [-0.1, -0.05) is 11.6 Å². The van der Waals surface area contributed by atoms with Gasteiger partial charge in [0.2, 0.25) is 5.95 Å². The van der Waals surface area contributed by atoms with Crippen LogP contribution in [0.25, 0.3) is 0 Å². The van der Waals surface area contributed by atoms with Crippen molar-refractivity contribution >= 4 is 17.5 Å². The van der Waals surface area contributed by atoms with Gasteiger partial charge >= 0.3 is 0 Å². The Labute approximate surface area is 101 Å². The van der Waals surface area contributed by atoms with Crippen LogP contribution in [0.5, 0.6) is 0 Å². The number of nitrogens with zero attached hydrogens (tertiary/aromatic N) is 3. The van der Waals surface area contributed by atoms with E-state index >= 15 is 0 Å². The summed E-state index contributed by atoms with van der Waals surface area (Å²) < 4.78 is 4.99. The van der Waals surface area contributed by atoms with E-state index in [-0.39, 0.29) is 0 Å². The minimum Gasteiger partial charge on any atom is -0.383 e. The number of nitrogens with one attached hydrogen (secondary N) is 1. The maximum atomic E-state index is 5.68. The summed E-state index contributed by atoms with van der Waals surface area (Å²) in [4.78, 5) is 10.3. The van der Waals surface area contributed by atoms with Gasteiger partial charge in [0.05, 0.1) is 24.0 Å². The normalized spacial score (nSPS) is 10.8. The Morgan fingerprint density at radius 3 is 2.69 bits per heavy atom. The van der Waals surface area contributed by atoms with Crippen molar-refractivity contribution in [3.05, 3.63) is 17.4 Å². The SMILES string of the molecule is COCCN(C)CCNc1ncc(Cl)cn1. The Morgan fingerprint density at radius 1 is 1.38 bits per heavy atom. The molecule has 1 aromatic heterocycles. The fourth-order valence-electron chi connectivity index (χ4n) is 1.12. The molecule has 0 spiro atoms. The minimum absolute atomic E-state index is 0.544. The number of anilines is 1. The third-order valence-electron chi connectivity index (χ3n) is 2.07. The molecule has 0 aliphatic carbocycles. The van der Waals surface area contributed by atoms with E-state index in [0.717, 1.165) is 26.2 Å². The molecule has 0 fully saturated rings. The first-order chi connectivity index (χ1) is 7.72. The molecule has 0 radical (unpaired) electrons. The van der Waals surface area contributed by atoms with Gasteiger partial charge in [0.1, 0.15) is 0 Å². The average Bonchev–Trinajstić information content (AvgIpc) is 2.29. The molecule has 0 amide bonds. The monoisotopic (exact) mass is 244 g/mol. The molecule has 1 heterocycles. The lowest BCUT2D eigenvalue weighted by Gasteiger charge is -2.15. The van der Waals surface area contributed by atoms with Crippen molar-refractivity contribution in [3.8, 4) is 0 Å². The van der Waals surface area contributed by atoms with Crippen LogP contribution < -0.4 is 5.32 Å². The van der Waals surface area contributed by atoms with Crippen molar-refractivity contribution < 1.29 is 4.74 Å². The second-order valence-corrected chi connectivity index (χ2v) is 3.88. The van der Waals surface area contributed by atoms with Crippen LogP contribution in [0, 0.1) is 0 Å². The molecule has 0 saturated carbocycles. The molecule has 1 rings (SSSR count). The van der Waals surface area contributed by atoms with Crippen molar-refractivity contribution in [2.24, 2.45) is 0 Å². The molecule has 0 saturated heterocycles. The predicted octanol–water partition coefficient (Wildman–Crippen LogP) is 1.12. The first-order valence-electron chi connectivity index (χ1n) is 5.11. The molecule has 90 valence electrons. The molecule has 0 atom stereocenters. The largest absolute Gasteiger partial charge is 0.383 e. The van der Waals surface area contributed by atoms with E-state index in [1.807, 2.05) is 7.05 Å². The van der Waals surface area contributed by atoms with Crippen LogP contribution in [0.2, 0.25) is 5.02 Å². The maximum absolute atomic E-state index is 5.68. The Hall–Kier alpha value is -0.910. The topological polar surface area (TPSA) is 50.3 Å². The van der Waals surface area contributed by atoms with Gasteiger partial charge in [0, 0.05) is 26.7 Å². The molecule has 0 aromatic carbocycles. The van der Waals surface area contributed by atoms with Gasteiger partial charge in [0.15, 0.2) is 0 Å². The van der Waals surface area contributed by atoms with E-state index in [9.17, 15) is 0 Å². The van der Waals surface area contributed by atoms with Crippen molar-refractivity contribution in [2.75, 3.05) is 45.7 Å². The molecular weight excluding hydrogens is 228 g/mol. The summed E-state index contributed by atoms with van der Waals surface area (Å²) in [6.07, 6.45) is 3.15. The molecule has 0 unspecified atom stereocenters. The Bertz CT molecular complexity index is 293. The highest BCUT2D eigenvalue weighted by atomic mass is 35.5. The van der Waals surface area contributed by atoms with Crippen LogP contribution in [-0.4, -0.2) is 55.3 Å². The zero-order valence-electron chi connectivity index (χ0n) is 9.61. The highest BCUT2D eigenvalue weighted by Crippen LogP contribution is 2.04. The molecule has 0 bridgehead atoms. The average molecular weight is 245 g/mol. The second-order valence-electron chi connectivity index (χ2n) is 3.45. The fraction of sp³-hybridized carbons (Fsp3) is 0.600. The third-order valence-corrected chi connectivity index (χ3v) is 2.27. The highest BCUT2D eigenvalue weighted by molar-refractivity contribution is 6.30. The standard InChI is InChI=1S/C10H17ClN4O/c1-15(5-6-16-2)4-3-12-10-13-7-9(11)8-14-10/h7-8H,3-6H2,1-2H3,(H,12,13,14). The fourth-order valence-corrected chi connectivity index (χ4v) is 1.22. The van der Waals surface area contributed by atoms with Gasteiger partial charge in [-0.05, 0) is 7.05 Å². The van der Waals surface area contributed by atoms with Crippen molar-refractivity contribution in [1.29, 1.82) is 0 Å². The van der Waals surface area contributed by atoms with Gasteiger partial charge in [-0.3, -0.25) is 0 Å². The van der Waals surface area contributed by atoms with Crippen molar-refractivity contribution in [2.45, 2.75) is 0 Å². The lowest BCUT2D eigenvalue weighted by Crippen LogP contribution is -2.28. The number of hydrogen-bond acceptors (Lipinski definition) is 5. The van der Waals surface area contributed by atoms with E-state index in [1.165, 1.54) is 0 Å². The van der Waals surface area contributed by atoms with E-state index in [1.54, 1.807) is 19.5 Å². The first-order valence-corrected chi connectivity index (χ1v) is 5.49. The summed E-state index contributed by atoms with van der Waals surface area (Å²) >= 11 is 5.68. The van der Waals surface area contributed by atoms with Crippen LogP contribution in [0.4, 0.5) is 5.95 Å². The molecule has 0 aliphatic rings. The van der Waals surface area contributed by atoms with Gasteiger partial charge in [-0.15, -0.1) is 0 Å². The zero-order valence-corrected chi connectivity index (χ0v) is 10.4. The zero-order chi connectivity index (χ0) is 11.8. The number of ether oxygens (including phenoxy) is 1. The predicted molar refractivity (Wildman–Crippen MR) is 64.9 cm³/mol. The van der Waals surface area contributed by atoms with E-state index in [0.29, 0.717) is 11.0 Å². The highest BCUT2D eigenvalue weighted by Gasteiger charge is 1.98. The quantitative estimate of drug-likeness (QED) is 0.779. The van der Waals surface area contributed by atoms with E-state index in [4.69, 9.17) is 16.3 Å². The first kappa shape index (κ1) is 13.2. The van der Waals surface area contributed by atoms with Crippen LogP contribution in [0.15, 0.2) is 12.4 Å². The Morgan fingerprint density at radius 2 is 2.06 bits per heavy atom. The summed E-state index contributed by atoms with van der Waals surface area (Å²) in [6.45, 7) is 3.37. The number of halogens is 1. The van der Waals surface area contributed by atoms with Crippen molar-refractivity contribution in [3.63, 3.8) is 0 Å². The second kappa shape index (κ2) is 7.38. The summed E-state index contributed by atoms with van der Waals surface area (Å²) in [6, 6.07) is 0. The maximum Gasteiger partial charge on any atom is 0.222 e. The van der Waals surface area contributed by atoms with Gasteiger partial charge in [-0.25, -0.2) is 9.97 Å². The number of rotatable bonds is 7. The van der Waals surface area contributed by atoms with Gasteiger partial charge < -0.3 is 15.0 Å². The molecular formula is C10H17ClN4O. The summed E-state index contributed by atoms with van der Waals surface area (Å²) in [5.41, 5.74) is 0. The molecule has 1 aromatic rings.